The largest absolute Gasteiger partial charge is 0.332 e. The first-order chi connectivity index (χ1) is 12.5. The van der Waals surface area contributed by atoms with E-state index in [2.05, 4.69) is 0 Å². The Bertz CT molecular complexity index is 876. The monoisotopic (exact) mass is 392 g/mol. The van der Waals surface area contributed by atoms with Gasteiger partial charge in [0.25, 0.3) is 0 Å². The average Bonchev–Trinajstić information content (AvgIpc) is 2.59. The van der Waals surface area contributed by atoms with Gasteiger partial charge in [-0.2, -0.15) is 4.31 Å². The van der Waals surface area contributed by atoms with Crippen molar-refractivity contribution in [3.8, 4) is 0 Å². The van der Waals surface area contributed by atoms with Crippen LogP contribution in [0.2, 0.25) is 0 Å². The summed E-state index contributed by atoms with van der Waals surface area (Å²) in [5.74, 6) is -0.825. The smallest absolute Gasteiger partial charge is 0.243 e. The molecule has 0 saturated carbocycles. The van der Waals surface area contributed by atoms with Crippen LogP contribution in [0.3, 0.4) is 0 Å². The first-order valence-corrected chi connectivity index (χ1v) is 10.0. The Morgan fingerprint density at radius 2 is 1.56 bits per heavy atom. The second-order valence-corrected chi connectivity index (χ2v) is 9.40. The van der Waals surface area contributed by atoms with E-state index >= 15 is 0 Å². The molecule has 7 heteroatoms. The highest BCUT2D eigenvalue weighted by atomic mass is 32.2. The molecule has 0 atom stereocenters. The zero-order chi connectivity index (χ0) is 20.2. The molecule has 1 amide bonds. The van der Waals surface area contributed by atoms with Gasteiger partial charge in [0, 0.05) is 19.1 Å². The molecular formula is C20H25FN2O3S. The molecule has 0 bridgehead atoms. The summed E-state index contributed by atoms with van der Waals surface area (Å²) >= 11 is 0. The van der Waals surface area contributed by atoms with E-state index in [1.54, 1.807) is 4.90 Å². The number of rotatable bonds is 6. The maximum atomic E-state index is 13.1. The van der Waals surface area contributed by atoms with Crippen molar-refractivity contribution in [2.24, 2.45) is 0 Å². The molecule has 0 aliphatic heterocycles. The SMILES string of the molecule is CN(CC(=O)N(Cc1ccccc1)C(C)(C)C)S(=O)(=O)c1ccc(F)cc1. The third-order valence-corrected chi connectivity index (χ3v) is 5.99. The van der Waals surface area contributed by atoms with E-state index in [9.17, 15) is 17.6 Å². The Labute approximate surface area is 160 Å². The molecule has 0 radical (unpaired) electrons. The van der Waals surface area contributed by atoms with Crippen molar-refractivity contribution in [1.82, 2.24) is 9.21 Å². The van der Waals surface area contributed by atoms with Gasteiger partial charge in [-0.25, -0.2) is 12.8 Å². The quantitative estimate of drug-likeness (QED) is 0.758. The molecule has 0 aliphatic carbocycles. The number of carbonyl (C=O) groups excluding carboxylic acids is 1. The van der Waals surface area contributed by atoms with E-state index in [4.69, 9.17) is 0 Å². The molecule has 2 rings (SSSR count). The van der Waals surface area contributed by atoms with E-state index in [1.165, 1.54) is 19.2 Å². The van der Waals surface area contributed by atoms with Crippen molar-refractivity contribution in [3.05, 3.63) is 66.0 Å². The van der Waals surface area contributed by atoms with Crippen LogP contribution in [0.15, 0.2) is 59.5 Å². The molecule has 0 aliphatic rings. The molecule has 0 N–H and O–H groups in total. The molecule has 27 heavy (non-hydrogen) atoms. The van der Waals surface area contributed by atoms with Crippen molar-refractivity contribution in [2.45, 2.75) is 37.8 Å². The Balaban J connectivity index is 2.19. The van der Waals surface area contributed by atoms with E-state index in [-0.39, 0.29) is 17.3 Å². The van der Waals surface area contributed by atoms with Crippen molar-refractivity contribution < 1.29 is 17.6 Å². The van der Waals surface area contributed by atoms with Gasteiger partial charge in [-0.05, 0) is 50.6 Å². The van der Waals surface area contributed by atoms with Crippen LogP contribution in [0.25, 0.3) is 0 Å². The molecule has 5 nitrogen and oxygen atoms in total. The fraction of sp³-hybridized carbons (Fsp3) is 0.350. The van der Waals surface area contributed by atoms with Gasteiger partial charge in [0.15, 0.2) is 0 Å². The lowest BCUT2D eigenvalue weighted by molar-refractivity contribution is -0.136. The first-order valence-electron chi connectivity index (χ1n) is 8.58. The van der Waals surface area contributed by atoms with E-state index in [0.717, 1.165) is 22.0 Å². The van der Waals surface area contributed by atoms with Crippen LogP contribution in [0, 0.1) is 5.82 Å². The summed E-state index contributed by atoms with van der Waals surface area (Å²) in [7, 11) is -2.54. The number of hydrogen-bond acceptors (Lipinski definition) is 3. The van der Waals surface area contributed by atoms with Crippen LogP contribution in [-0.2, 0) is 21.4 Å². The molecule has 0 saturated heterocycles. The van der Waals surface area contributed by atoms with Crippen molar-refractivity contribution in [1.29, 1.82) is 0 Å². The lowest BCUT2D eigenvalue weighted by Crippen LogP contribution is -2.49. The van der Waals surface area contributed by atoms with Crippen LogP contribution in [-0.4, -0.2) is 42.7 Å². The molecular weight excluding hydrogens is 367 g/mol. The first kappa shape index (κ1) is 21.1. The van der Waals surface area contributed by atoms with Gasteiger partial charge in [-0.1, -0.05) is 30.3 Å². The minimum absolute atomic E-state index is 0.0513. The number of carbonyl (C=O) groups is 1. The van der Waals surface area contributed by atoms with Crippen LogP contribution < -0.4 is 0 Å². The fourth-order valence-electron chi connectivity index (χ4n) is 2.61. The molecule has 2 aromatic rings. The lowest BCUT2D eigenvalue weighted by Gasteiger charge is -2.36. The molecule has 2 aromatic carbocycles. The summed E-state index contributed by atoms with van der Waals surface area (Å²) < 4.78 is 39.3. The molecule has 0 fully saturated rings. The van der Waals surface area contributed by atoms with Crippen molar-refractivity contribution in [2.75, 3.05) is 13.6 Å². The van der Waals surface area contributed by atoms with Gasteiger partial charge in [-0.3, -0.25) is 4.79 Å². The number of benzene rings is 2. The van der Waals surface area contributed by atoms with Crippen LogP contribution in [0.5, 0.6) is 0 Å². The summed E-state index contributed by atoms with van der Waals surface area (Å²) in [6.45, 7) is 5.80. The Kier molecular flexibility index (Phi) is 6.38. The van der Waals surface area contributed by atoms with Crippen LogP contribution >= 0.6 is 0 Å². The van der Waals surface area contributed by atoms with E-state index in [1.807, 2.05) is 51.1 Å². The number of halogens is 1. The average molecular weight is 392 g/mol. The Hall–Kier alpha value is -2.25. The number of amides is 1. The third-order valence-electron chi connectivity index (χ3n) is 4.17. The maximum absolute atomic E-state index is 13.1. The second-order valence-electron chi connectivity index (χ2n) is 7.35. The summed E-state index contributed by atoms with van der Waals surface area (Å²) in [6, 6.07) is 14.1. The summed E-state index contributed by atoms with van der Waals surface area (Å²) in [5, 5.41) is 0. The number of nitrogens with zero attached hydrogens (tertiary/aromatic N) is 2. The van der Waals surface area contributed by atoms with E-state index in [0.29, 0.717) is 6.54 Å². The van der Waals surface area contributed by atoms with Crippen molar-refractivity contribution in [3.63, 3.8) is 0 Å². The summed E-state index contributed by atoms with van der Waals surface area (Å²) in [5.41, 5.74) is 0.484. The third kappa shape index (κ3) is 5.37. The molecule has 0 spiro atoms. The number of likely N-dealkylation sites (N-methyl/N-ethyl adjacent to an activating group) is 1. The molecule has 0 heterocycles. The topological polar surface area (TPSA) is 57.7 Å². The van der Waals surface area contributed by atoms with Gasteiger partial charge >= 0.3 is 0 Å². The van der Waals surface area contributed by atoms with Gasteiger partial charge < -0.3 is 4.90 Å². The highest BCUT2D eigenvalue weighted by molar-refractivity contribution is 7.89. The van der Waals surface area contributed by atoms with Gasteiger partial charge in [0.1, 0.15) is 5.82 Å². The lowest BCUT2D eigenvalue weighted by atomic mass is 10.0. The minimum Gasteiger partial charge on any atom is -0.332 e. The zero-order valence-corrected chi connectivity index (χ0v) is 16.8. The summed E-state index contributed by atoms with van der Waals surface area (Å²) in [6.07, 6.45) is 0. The predicted octanol–water partition coefficient (Wildman–Crippen LogP) is 3.27. The Morgan fingerprint density at radius 3 is 2.07 bits per heavy atom. The number of hydrogen-bond donors (Lipinski definition) is 0. The highest BCUT2D eigenvalue weighted by Gasteiger charge is 2.30. The summed E-state index contributed by atoms with van der Waals surface area (Å²) in [4.78, 5) is 14.5. The standard InChI is InChI=1S/C20H25FN2O3S/c1-20(2,3)23(14-16-8-6-5-7-9-16)19(24)15-22(4)27(25,26)18-12-10-17(21)11-13-18/h5-13H,14-15H2,1-4H3. The number of sulfonamides is 1. The van der Waals surface area contributed by atoms with E-state index < -0.39 is 21.4 Å². The van der Waals surface area contributed by atoms with Crippen LogP contribution in [0.4, 0.5) is 4.39 Å². The minimum atomic E-state index is -3.88. The van der Waals surface area contributed by atoms with Crippen molar-refractivity contribution >= 4 is 15.9 Å². The normalized spacial score (nSPS) is 12.2. The highest BCUT2D eigenvalue weighted by Crippen LogP contribution is 2.20. The van der Waals surface area contributed by atoms with Crippen LogP contribution in [0.1, 0.15) is 26.3 Å². The molecule has 146 valence electrons. The second kappa shape index (κ2) is 8.19. The van der Waals surface area contributed by atoms with Gasteiger partial charge in [0.05, 0.1) is 11.4 Å². The fourth-order valence-corrected chi connectivity index (χ4v) is 3.73. The Morgan fingerprint density at radius 1 is 1.00 bits per heavy atom. The van der Waals surface area contributed by atoms with Gasteiger partial charge in [0.2, 0.25) is 15.9 Å². The molecule has 0 aromatic heterocycles. The van der Waals surface area contributed by atoms with Gasteiger partial charge in [-0.15, -0.1) is 0 Å². The maximum Gasteiger partial charge on any atom is 0.243 e. The molecule has 0 unspecified atom stereocenters. The predicted molar refractivity (Wildman–Crippen MR) is 103 cm³/mol. The zero-order valence-electron chi connectivity index (χ0n) is 16.0.